The van der Waals surface area contributed by atoms with Gasteiger partial charge in [-0.05, 0) is 26.2 Å². The van der Waals surface area contributed by atoms with Crippen LogP contribution in [0, 0.1) is 0 Å². The molecule has 0 aliphatic carbocycles. The number of amides is 2. The van der Waals surface area contributed by atoms with Crippen molar-refractivity contribution in [1.82, 2.24) is 10.6 Å². The first-order chi connectivity index (χ1) is 11.4. The van der Waals surface area contributed by atoms with Crippen molar-refractivity contribution in [2.45, 2.75) is 44.3 Å². The van der Waals surface area contributed by atoms with Gasteiger partial charge in [-0.1, -0.05) is 0 Å². The van der Waals surface area contributed by atoms with Gasteiger partial charge in [0.25, 0.3) is 0 Å². The van der Waals surface area contributed by atoms with Crippen LogP contribution in [0.1, 0.15) is 26.2 Å². The Hall–Kier alpha value is -0.970. The summed E-state index contributed by atoms with van der Waals surface area (Å²) in [5.41, 5.74) is 11.1. The molecule has 10 heteroatoms. The van der Waals surface area contributed by atoms with E-state index in [1.807, 2.05) is 0 Å². The minimum absolute atomic E-state index is 0.179. The van der Waals surface area contributed by atoms with Gasteiger partial charge < -0.3 is 26.8 Å². The zero-order chi connectivity index (χ0) is 18.5. The lowest BCUT2D eigenvalue weighted by Crippen LogP contribution is -2.49. The number of carbonyl (C=O) groups is 3. The fraction of sp³-hybridized carbons (Fsp3) is 0.786. The monoisotopic (exact) mass is 380 g/mol. The molecule has 0 spiro atoms. The number of ether oxygens (including phenoxy) is 1. The predicted molar refractivity (Wildman–Crippen MR) is 99.1 cm³/mol. The smallest absolute Gasteiger partial charge is 0.328 e. The van der Waals surface area contributed by atoms with Crippen molar-refractivity contribution >= 4 is 43.0 Å². The summed E-state index contributed by atoms with van der Waals surface area (Å²) in [6.07, 6.45) is 1.63. The molecule has 8 nitrogen and oxygen atoms in total. The zero-order valence-electron chi connectivity index (χ0n) is 13.9. The standard InChI is InChI=1S/C14H28N4O4S2/c1-2-22-14(21)11(18-13(20)10(16)8-24)5-3-4-6-17-12(19)9(15)7-23/h9-11,23-24H,2-8,15-16H2,1H3,(H,17,19)(H,18,20). The van der Waals surface area contributed by atoms with Crippen LogP contribution in [-0.2, 0) is 19.1 Å². The second kappa shape index (κ2) is 13.3. The Kier molecular flexibility index (Phi) is 12.8. The molecule has 0 aromatic carbocycles. The van der Waals surface area contributed by atoms with Crippen molar-refractivity contribution in [3.05, 3.63) is 0 Å². The van der Waals surface area contributed by atoms with Crippen molar-refractivity contribution < 1.29 is 19.1 Å². The zero-order valence-corrected chi connectivity index (χ0v) is 15.7. The summed E-state index contributed by atoms with van der Waals surface area (Å²) < 4.78 is 4.95. The van der Waals surface area contributed by atoms with Crippen LogP contribution >= 0.6 is 25.3 Å². The van der Waals surface area contributed by atoms with Gasteiger partial charge in [-0.2, -0.15) is 25.3 Å². The molecule has 6 N–H and O–H groups in total. The maximum Gasteiger partial charge on any atom is 0.328 e. The minimum Gasteiger partial charge on any atom is -0.464 e. The van der Waals surface area contributed by atoms with E-state index in [1.54, 1.807) is 6.92 Å². The van der Waals surface area contributed by atoms with Crippen molar-refractivity contribution in [1.29, 1.82) is 0 Å². The Bertz CT molecular complexity index is 412. The van der Waals surface area contributed by atoms with Crippen LogP contribution in [0.25, 0.3) is 0 Å². The number of unbranched alkanes of at least 4 members (excludes halogenated alkanes) is 1. The minimum atomic E-state index is -0.785. The lowest BCUT2D eigenvalue weighted by molar-refractivity contribution is -0.147. The van der Waals surface area contributed by atoms with Gasteiger partial charge in [0.15, 0.2) is 0 Å². The third-order valence-corrected chi connectivity index (χ3v) is 3.96. The number of carbonyl (C=O) groups excluding carboxylic acids is 3. The lowest BCUT2D eigenvalue weighted by Gasteiger charge is -2.19. The van der Waals surface area contributed by atoms with Crippen LogP contribution in [0.4, 0.5) is 0 Å². The Morgan fingerprint density at radius 3 is 2.17 bits per heavy atom. The second-order valence-corrected chi connectivity index (χ2v) is 5.91. The Labute approximate surface area is 153 Å². The molecule has 0 aliphatic heterocycles. The predicted octanol–water partition coefficient (Wildman–Crippen LogP) is -1.16. The molecule has 0 bridgehead atoms. The molecule has 0 fully saturated rings. The first kappa shape index (κ1) is 23.0. The highest BCUT2D eigenvalue weighted by Crippen LogP contribution is 2.04. The Balaban J connectivity index is 4.29. The van der Waals surface area contributed by atoms with E-state index in [4.69, 9.17) is 16.2 Å². The van der Waals surface area contributed by atoms with Crippen LogP contribution in [0.2, 0.25) is 0 Å². The number of esters is 1. The Morgan fingerprint density at radius 2 is 1.62 bits per heavy atom. The number of hydrogen-bond donors (Lipinski definition) is 6. The summed E-state index contributed by atoms with van der Waals surface area (Å²) in [4.78, 5) is 35.2. The number of nitrogens with one attached hydrogen (secondary N) is 2. The molecule has 140 valence electrons. The van der Waals surface area contributed by atoms with Crippen LogP contribution in [-0.4, -0.2) is 60.6 Å². The van der Waals surface area contributed by atoms with Crippen molar-refractivity contribution in [3.63, 3.8) is 0 Å². The molecule has 3 unspecified atom stereocenters. The largest absolute Gasteiger partial charge is 0.464 e. The van der Waals surface area contributed by atoms with Crippen LogP contribution in [0.15, 0.2) is 0 Å². The van der Waals surface area contributed by atoms with E-state index in [-0.39, 0.29) is 24.0 Å². The molecule has 0 heterocycles. The summed E-state index contributed by atoms with van der Waals surface area (Å²) in [7, 11) is 0. The number of hydrogen-bond acceptors (Lipinski definition) is 8. The summed E-state index contributed by atoms with van der Waals surface area (Å²) in [5, 5.41) is 5.26. The summed E-state index contributed by atoms with van der Waals surface area (Å²) in [6, 6.07) is -2.19. The van der Waals surface area contributed by atoms with Gasteiger partial charge in [0, 0.05) is 18.1 Å². The fourth-order valence-corrected chi connectivity index (χ4v) is 2.08. The Morgan fingerprint density at radius 1 is 1.04 bits per heavy atom. The number of thiol groups is 2. The van der Waals surface area contributed by atoms with Gasteiger partial charge in [-0.3, -0.25) is 9.59 Å². The van der Waals surface area contributed by atoms with E-state index in [0.29, 0.717) is 25.8 Å². The third-order valence-electron chi connectivity index (χ3n) is 3.17. The fourth-order valence-electron chi connectivity index (χ4n) is 1.75. The third kappa shape index (κ3) is 9.36. The van der Waals surface area contributed by atoms with E-state index in [9.17, 15) is 14.4 Å². The van der Waals surface area contributed by atoms with E-state index in [1.165, 1.54) is 0 Å². The quantitative estimate of drug-likeness (QED) is 0.143. The summed E-state index contributed by atoms with van der Waals surface area (Å²) >= 11 is 7.90. The highest BCUT2D eigenvalue weighted by Gasteiger charge is 2.23. The van der Waals surface area contributed by atoms with Crippen LogP contribution in [0.3, 0.4) is 0 Å². The average molecular weight is 381 g/mol. The van der Waals surface area contributed by atoms with Crippen molar-refractivity contribution in [2.24, 2.45) is 11.5 Å². The molecule has 0 aromatic heterocycles. The first-order valence-corrected chi connectivity index (χ1v) is 9.11. The highest BCUT2D eigenvalue weighted by atomic mass is 32.1. The second-order valence-electron chi connectivity index (χ2n) is 5.18. The van der Waals surface area contributed by atoms with Crippen LogP contribution < -0.4 is 22.1 Å². The first-order valence-electron chi connectivity index (χ1n) is 7.84. The molecule has 0 aromatic rings. The molecule has 0 saturated carbocycles. The molecule has 3 atom stereocenters. The lowest BCUT2D eigenvalue weighted by atomic mass is 10.1. The molecular formula is C14H28N4O4S2. The molecule has 0 rings (SSSR count). The van der Waals surface area contributed by atoms with E-state index in [0.717, 1.165) is 0 Å². The molecule has 24 heavy (non-hydrogen) atoms. The molecular weight excluding hydrogens is 352 g/mol. The summed E-state index contributed by atoms with van der Waals surface area (Å²) in [6.45, 7) is 2.35. The summed E-state index contributed by atoms with van der Waals surface area (Å²) in [5.74, 6) is -0.762. The van der Waals surface area contributed by atoms with Crippen molar-refractivity contribution in [2.75, 3.05) is 24.7 Å². The number of rotatable bonds is 12. The van der Waals surface area contributed by atoms with Gasteiger partial charge >= 0.3 is 5.97 Å². The van der Waals surface area contributed by atoms with E-state index in [2.05, 4.69) is 35.9 Å². The molecule has 0 saturated heterocycles. The van der Waals surface area contributed by atoms with E-state index < -0.39 is 30.0 Å². The van der Waals surface area contributed by atoms with Gasteiger partial charge in [0.05, 0.1) is 18.7 Å². The number of nitrogens with two attached hydrogens (primary N) is 2. The normalized spacial score (nSPS) is 14.4. The van der Waals surface area contributed by atoms with Crippen LogP contribution in [0.5, 0.6) is 0 Å². The van der Waals surface area contributed by atoms with Gasteiger partial charge in [-0.25, -0.2) is 4.79 Å². The highest BCUT2D eigenvalue weighted by molar-refractivity contribution is 7.80. The SMILES string of the molecule is CCOC(=O)C(CCCCNC(=O)C(N)CS)NC(=O)C(N)CS. The average Bonchev–Trinajstić information content (AvgIpc) is 2.58. The maximum atomic E-state index is 11.9. The van der Waals surface area contributed by atoms with Gasteiger partial charge in [0.2, 0.25) is 11.8 Å². The van der Waals surface area contributed by atoms with Gasteiger partial charge in [0.1, 0.15) is 6.04 Å². The van der Waals surface area contributed by atoms with E-state index >= 15 is 0 Å². The van der Waals surface area contributed by atoms with Crippen molar-refractivity contribution in [3.8, 4) is 0 Å². The molecule has 2 amide bonds. The molecule has 0 radical (unpaired) electrons. The van der Waals surface area contributed by atoms with Gasteiger partial charge in [-0.15, -0.1) is 0 Å². The molecule has 0 aliphatic rings. The topological polar surface area (TPSA) is 137 Å². The maximum absolute atomic E-state index is 11.9.